The van der Waals surface area contributed by atoms with E-state index in [1.807, 2.05) is 0 Å². The maximum absolute atomic E-state index is 12.8. The summed E-state index contributed by atoms with van der Waals surface area (Å²) in [5.74, 6) is 0. The Labute approximate surface area is 76.1 Å². The Morgan fingerprint density at radius 3 is 2.31 bits per heavy atom. The van der Waals surface area contributed by atoms with Crippen molar-refractivity contribution in [3.8, 4) is 0 Å². The molecule has 0 aromatic heterocycles. The smallest absolute Gasteiger partial charge is 0.270 e. The van der Waals surface area contributed by atoms with Gasteiger partial charge < -0.3 is 0 Å². The Hall–Kier alpha value is -0.270. The van der Waals surface area contributed by atoms with Gasteiger partial charge in [0.15, 0.2) is 12.5 Å². The fourth-order valence-corrected chi connectivity index (χ4v) is 2.02. The van der Waals surface area contributed by atoms with Gasteiger partial charge in [0.05, 0.1) is 0 Å². The Bertz CT molecular complexity index is 257. The van der Waals surface area contributed by atoms with E-state index in [1.165, 1.54) is 0 Å². The maximum Gasteiger partial charge on any atom is 0.270 e. The highest BCUT2D eigenvalue weighted by Crippen LogP contribution is 2.20. The molecule has 0 bridgehead atoms. The molecule has 0 aliphatic carbocycles. The van der Waals surface area contributed by atoms with E-state index in [9.17, 15) is 17.2 Å². The van der Waals surface area contributed by atoms with Crippen LogP contribution < -0.4 is 5.32 Å². The third-order valence-corrected chi connectivity index (χ3v) is 3.05. The summed E-state index contributed by atoms with van der Waals surface area (Å²) in [6.45, 7) is 0.0477. The molecule has 4 nitrogen and oxygen atoms in total. The zero-order chi connectivity index (χ0) is 9.35. The van der Waals surface area contributed by atoms with Crippen LogP contribution >= 0.6 is 0 Å². The largest absolute Gasteiger partial charge is 0.285 e. The van der Waals surface area contributed by atoms with Crippen molar-refractivity contribution in [1.29, 1.82) is 0 Å². The number of rotatable bonds is 1. The van der Waals surface area contributed by atoms with Crippen LogP contribution in [0.2, 0.25) is 0 Å². The van der Waals surface area contributed by atoms with Crippen LogP contribution in [-0.4, -0.2) is 37.2 Å². The van der Waals surface area contributed by atoms with E-state index in [-0.39, 0.29) is 20.4 Å². The summed E-state index contributed by atoms with van der Waals surface area (Å²) in [4.78, 5) is 0. The molecule has 0 saturated carbocycles. The molecule has 0 aromatic carbocycles. The zero-order valence-electron chi connectivity index (χ0n) is 6.07. The molecule has 1 aliphatic rings. The first-order valence-electron chi connectivity index (χ1n) is 3.41. The van der Waals surface area contributed by atoms with Crippen molar-refractivity contribution in [2.75, 3.05) is 6.54 Å². The van der Waals surface area contributed by atoms with Crippen molar-refractivity contribution >= 4 is 10.1 Å². The minimum absolute atomic E-state index is 0. The molecule has 0 spiro atoms. The SMILES string of the molecule is C.O=S(=O)(O)C1CCNC(F)C1F. The molecule has 1 aliphatic heterocycles. The number of nitrogens with one attached hydrogen (secondary N) is 1. The van der Waals surface area contributed by atoms with Crippen molar-refractivity contribution in [3.63, 3.8) is 0 Å². The average molecular weight is 217 g/mol. The predicted molar refractivity (Wildman–Crippen MR) is 44.5 cm³/mol. The van der Waals surface area contributed by atoms with Crippen molar-refractivity contribution in [3.05, 3.63) is 0 Å². The highest BCUT2D eigenvalue weighted by Gasteiger charge is 2.40. The second kappa shape index (κ2) is 4.30. The molecule has 3 atom stereocenters. The van der Waals surface area contributed by atoms with Crippen LogP contribution in [-0.2, 0) is 10.1 Å². The predicted octanol–water partition coefficient (Wildman–Crippen LogP) is 0.506. The molecule has 0 aromatic rings. The first-order chi connectivity index (χ1) is 5.43. The van der Waals surface area contributed by atoms with Crippen LogP contribution in [0.5, 0.6) is 0 Å². The Morgan fingerprint density at radius 2 is 1.92 bits per heavy atom. The Kier molecular flexibility index (Phi) is 4.21. The van der Waals surface area contributed by atoms with Gasteiger partial charge in [0.25, 0.3) is 10.1 Å². The van der Waals surface area contributed by atoms with Crippen LogP contribution in [0.3, 0.4) is 0 Å². The summed E-state index contributed by atoms with van der Waals surface area (Å²) in [7, 11) is -4.46. The number of halogens is 2. The number of piperidine rings is 1. The topological polar surface area (TPSA) is 66.4 Å². The minimum atomic E-state index is -4.46. The van der Waals surface area contributed by atoms with Crippen molar-refractivity contribution in [2.45, 2.75) is 31.6 Å². The Balaban J connectivity index is 0.00000144. The summed E-state index contributed by atoms with van der Waals surface area (Å²) in [6.07, 6.45) is -4.31. The lowest BCUT2D eigenvalue weighted by molar-refractivity contribution is 0.102. The van der Waals surface area contributed by atoms with E-state index in [0.717, 1.165) is 0 Å². The van der Waals surface area contributed by atoms with E-state index in [4.69, 9.17) is 4.55 Å². The first-order valence-corrected chi connectivity index (χ1v) is 4.91. The number of alkyl halides is 2. The van der Waals surface area contributed by atoms with Crippen LogP contribution in [0, 0.1) is 0 Å². The van der Waals surface area contributed by atoms with Gasteiger partial charge in [0.1, 0.15) is 5.25 Å². The second-order valence-corrected chi connectivity index (χ2v) is 4.28. The van der Waals surface area contributed by atoms with Gasteiger partial charge in [0, 0.05) is 0 Å². The molecule has 0 amide bonds. The van der Waals surface area contributed by atoms with Gasteiger partial charge in [-0.25, -0.2) is 8.78 Å². The molecular weight excluding hydrogens is 204 g/mol. The lowest BCUT2D eigenvalue weighted by Gasteiger charge is -2.27. The van der Waals surface area contributed by atoms with Crippen LogP contribution in [0.15, 0.2) is 0 Å². The van der Waals surface area contributed by atoms with Crippen molar-refractivity contribution in [2.24, 2.45) is 0 Å². The molecule has 1 heterocycles. The first kappa shape index (κ1) is 12.7. The lowest BCUT2D eigenvalue weighted by atomic mass is 10.1. The fraction of sp³-hybridized carbons (Fsp3) is 1.00. The molecule has 1 rings (SSSR count). The monoisotopic (exact) mass is 217 g/mol. The molecule has 2 N–H and O–H groups in total. The van der Waals surface area contributed by atoms with E-state index >= 15 is 0 Å². The van der Waals surface area contributed by atoms with E-state index < -0.39 is 27.8 Å². The van der Waals surface area contributed by atoms with Gasteiger partial charge in [-0.15, -0.1) is 0 Å². The van der Waals surface area contributed by atoms with Crippen molar-refractivity contribution < 1.29 is 21.8 Å². The summed E-state index contributed by atoms with van der Waals surface area (Å²) >= 11 is 0. The third-order valence-electron chi connectivity index (χ3n) is 1.79. The third kappa shape index (κ3) is 2.85. The van der Waals surface area contributed by atoms with E-state index in [2.05, 4.69) is 5.32 Å². The van der Waals surface area contributed by atoms with Crippen LogP contribution in [0.1, 0.15) is 13.8 Å². The highest BCUT2D eigenvalue weighted by atomic mass is 32.2. The molecule has 13 heavy (non-hydrogen) atoms. The molecule has 0 radical (unpaired) electrons. The normalized spacial score (nSPS) is 35.2. The summed E-state index contributed by atoms with van der Waals surface area (Å²) < 4.78 is 54.7. The van der Waals surface area contributed by atoms with Gasteiger partial charge >= 0.3 is 0 Å². The van der Waals surface area contributed by atoms with Gasteiger partial charge in [-0.2, -0.15) is 8.42 Å². The second-order valence-electron chi connectivity index (χ2n) is 2.64. The van der Waals surface area contributed by atoms with Crippen LogP contribution in [0.25, 0.3) is 0 Å². The quantitative estimate of drug-likeness (QED) is 0.496. The summed E-state index contributed by atoms with van der Waals surface area (Å²) in [6, 6.07) is 0. The summed E-state index contributed by atoms with van der Waals surface area (Å²) in [5, 5.41) is 0.486. The van der Waals surface area contributed by atoms with Crippen LogP contribution in [0.4, 0.5) is 8.78 Å². The molecule has 3 unspecified atom stereocenters. The van der Waals surface area contributed by atoms with E-state index in [0.29, 0.717) is 0 Å². The van der Waals surface area contributed by atoms with Gasteiger partial charge in [-0.3, -0.25) is 9.87 Å². The average Bonchev–Trinajstić information content (AvgIpc) is 1.92. The zero-order valence-corrected chi connectivity index (χ0v) is 6.89. The number of hydrogen-bond acceptors (Lipinski definition) is 3. The number of hydrogen-bond donors (Lipinski definition) is 2. The lowest BCUT2D eigenvalue weighted by Crippen LogP contribution is -2.50. The fourth-order valence-electron chi connectivity index (χ4n) is 1.14. The minimum Gasteiger partial charge on any atom is -0.285 e. The van der Waals surface area contributed by atoms with Crippen molar-refractivity contribution in [1.82, 2.24) is 5.32 Å². The van der Waals surface area contributed by atoms with Gasteiger partial charge in [0.2, 0.25) is 0 Å². The standard InChI is InChI=1S/C5H9F2NO3S.CH4/c6-4-3(12(9,10)11)1-2-8-5(4)7;/h3-5,8H,1-2H2,(H,9,10,11);1H4. The summed E-state index contributed by atoms with van der Waals surface area (Å²) in [5.41, 5.74) is 0. The molecule has 7 heteroatoms. The molecular formula is C6H13F2NO3S. The van der Waals surface area contributed by atoms with Gasteiger partial charge in [-0.05, 0) is 13.0 Å². The molecule has 1 saturated heterocycles. The highest BCUT2D eigenvalue weighted by molar-refractivity contribution is 7.86. The molecule has 80 valence electrons. The molecule has 1 fully saturated rings. The van der Waals surface area contributed by atoms with E-state index in [1.54, 1.807) is 0 Å². The Morgan fingerprint density at radius 1 is 1.38 bits per heavy atom. The van der Waals surface area contributed by atoms with Gasteiger partial charge in [-0.1, -0.05) is 7.43 Å². The maximum atomic E-state index is 12.8.